The molecule has 0 spiro atoms. The van der Waals surface area contributed by atoms with Crippen molar-refractivity contribution in [3.8, 4) is 5.75 Å². The van der Waals surface area contributed by atoms with Gasteiger partial charge < -0.3 is 10.5 Å². The molecule has 1 aromatic heterocycles. The highest BCUT2D eigenvalue weighted by Gasteiger charge is 2.01. The normalized spacial score (nSPS) is 12.2. The van der Waals surface area contributed by atoms with Crippen LogP contribution < -0.4 is 10.5 Å². The molecule has 0 amide bonds. The lowest BCUT2D eigenvalue weighted by atomic mass is 10.2. The van der Waals surface area contributed by atoms with Gasteiger partial charge in [-0.3, -0.25) is 4.98 Å². The van der Waals surface area contributed by atoms with Crippen LogP contribution >= 0.6 is 15.9 Å². The summed E-state index contributed by atoms with van der Waals surface area (Å²) >= 11 is 3.40. The van der Waals surface area contributed by atoms with E-state index in [9.17, 15) is 0 Å². The van der Waals surface area contributed by atoms with Gasteiger partial charge in [0, 0.05) is 10.5 Å². The predicted molar refractivity (Wildman–Crippen MR) is 75.3 cm³/mol. The summed E-state index contributed by atoms with van der Waals surface area (Å²) in [5.41, 5.74) is 7.72. The quantitative estimate of drug-likeness (QED) is 0.941. The molecule has 0 saturated carbocycles. The zero-order valence-corrected chi connectivity index (χ0v) is 11.7. The largest absolute Gasteiger partial charge is 0.487 e. The summed E-state index contributed by atoms with van der Waals surface area (Å²) < 4.78 is 6.71. The second-order valence-electron chi connectivity index (χ2n) is 4.12. The third-order valence-electron chi connectivity index (χ3n) is 2.54. The van der Waals surface area contributed by atoms with Crippen LogP contribution in [0.4, 0.5) is 0 Å². The minimum atomic E-state index is -0.0504. The predicted octanol–water partition coefficient (Wildman–Crippen LogP) is 3.44. The first-order valence-electron chi connectivity index (χ1n) is 5.74. The highest BCUT2D eigenvalue weighted by atomic mass is 79.9. The number of pyridine rings is 1. The van der Waals surface area contributed by atoms with E-state index in [-0.39, 0.29) is 6.04 Å². The van der Waals surface area contributed by atoms with Crippen LogP contribution in [0.1, 0.15) is 24.2 Å². The number of hydrogen-bond acceptors (Lipinski definition) is 3. The summed E-state index contributed by atoms with van der Waals surface area (Å²) in [5, 5.41) is 0. The van der Waals surface area contributed by atoms with Gasteiger partial charge >= 0.3 is 0 Å². The van der Waals surface area contributed by atoms with Crippen LogP contribution in [0.3, 0.4) is 0 Å². The van der Waals surface area contributed by atoms with E-state index in [1.807, 2.05) is 43.3 Å². The zero-order valence-electron chi connectivity index (χ0n) is 10.1. The molecule has 1 aromatic carbocycles. The van der Waals surface area contributed by atoms with E-state index in [2.05, 4.69) is 20.9 Å². The average Bonchev–Trinajstić information content (AvgIpc) is 2.38. The highest BCUT2D eigenvalue weighted by Crippen LogP contribution is 2.15. The first kappa shape index (κ1) is 13.1. The Morgan fingerprint density at radius 1 is 1.22 bits per heavy atom. The van der Waals surface area contributed by atoms with E-state index >= 15 is 0 Å². The van der Waals surface area contributed by atoms with Crippen LogP contribution in [0.25, 0.3) is 0 Å². The van der Waals surface area contributed by atoms with E-state index in [0.29, 0.717) is 6.61 Å². The van der Waals surface area contributed by atoms with Gasteiger partial charge in [0.1, 0.15) is 12.4 Å². The van der Waals surface area contributed by atoms with E-state index in [1.54, 1.807) is 6.20 Å². The van der Waals surface area contributed by atoms with Crippen LogP contribution in [0.5, 0.6) is 5.75 Å². The number of hydrogen-bond donors (Lipinski definition) is 1. The molecule has 0 unspecified atom stereocenters. The minimum absolute atomic E-state index is 0.0504. The van der Waals surface area contributed by atoms with Gasteiger partial charge in [0.05, 0.1) is 11.9 Å². The molecule has 2 aromatic rings. The topological polar surface area (TPSA) is 48.1 Å². The van der Waals surface area contributed by atoms with Crippen LogP contribution in [0.2, 0.25) is 0 Å². The Labute approximate surface area is 115 Å². The molecule has 4 heteroatoms. The van der Waals surface area contributed by atoms with Crippen molar-refractivity contribution in [2.24, 2.45) is 5.73 Å². The van der Waals surface area contributed by atoms with Crippen LogP contribution in [-0.2, 0) is 6.61 Å². The zero-order chi connectivity index (χ0) is 13.0. The Morgan fingerprint density at radius 2 is 1.94 bits per heavy atom. The number of nitrogens with two attached hydrogens (primary N) is 1. The van der Waals surface area contributed by atoms with Crippen LogP contribution in [-0.4, -0.2) is 4.98 Å². The Hall–Kier alpha value is -1.39. The Bertz CT molecular complexity index is 494. The van der Waals surface area contributed by atoms with Crippen LogP contribution in [0.15, 0.2) is 47.1 Å². The second kappa shape index (κ2) is 5.98. The maximum atomic E-state index is 5.74. The van der Waals surface area contributed by atoms with Crippen molar-refractivity contribution >= 4 is 15.9 Å². The molecule has 2 rings (SSSR count). The van der Waals surface area contributed by atoms with Gasteiger partial charge in [-0.25, -0.2) is 0 Å². The SMILES string of the molecule is C[C@H](N)c1ccc(OCc2ccc(Br)cc2)cn1. The molecule has 0 aliphatic heterocycles. The molecule has 0 radical (unpaired) electrons. The fourth-order valence-electron chi connectivity index (χ4n) is 1.49. The number of nitrogens with zero attached hydrogens (tertiary/aromatic N) is 1. The lowest BCUT2D eigenvalue weighted by Crippen LogP contribution is -2.07. The molecule has 18 heavy (non-hydrogen) atoms. The third kappa shape index (κ3) is 3.55. The highest BCUT2D eigenvalue weighted by molar-refractivity contribution is 9.10. The summed E-state index contributed by atoms with van der Waals surface area (Å²) in [4.78, 5) is 4.25. The molecule has 0 aliphatic carbocycles. The number of ether oxygens (including phenoxy) is 1. The molecule has 0 saturated heterocycles. The van der Waals surface area contributed by atoms with Crippen molar-refractivity contribution < 1.29 is 4.74 Å². The molecule has 1 atom stereocenters. The Morgan fingerprint density at radius 3 is 2.50 bits per heavy atom. The average molecular weight is 307 g/mol. The Kier molecular flexibility index (Phi) is 4.33. The number of aromatic nitrogens is 1. The van der Waals surface area contributed by atoms with Crippen molar-refractivity contribution in [2.45, 2.75) is 19.6 Å². The summed E-state index contributed by atoms with van der Waals surface area (Å²) in [6.45, 7) is 2.44. The number of halogens is 1. The van der Waals surface area contributed by atoms with E-state index < -0.39 is 0 Å². The fraction of sp³-hybridized carbons (Fsp3) is 0.214. The van der Waals surface area contributed by atoms with Gasteiger partial charge in [-0.2, -0.15) is 0 Å². The Balaban J connectivity index is 1.95. The van der Waals surface area contributed by atoms with Crippen LogP contribution in [0, 0.1) is 0 Å². The van der Waals surface area contributed by atoms with Gasteiger partial charge in [0.25, 0.3) is 0 Å². The lowest BCUT2D eigenvalue weighted by molar-refractivity contribution is 0.304. The molecule has 3 nitrogen and oxygen atoms in total. The third-order valence-corrected chi connectivity index (χ3v) is 3.07. The maximum absolute atomic E-state index is 5.74. The van der Waals surface area contributed by atoms with Crippen molar-refractivity contribution in [1.29, 1.82) is 0 Å². The van der Waals surface area contributed by atoms with Gasteiger partial charge in [-0.05, 0) is 36.8 Å². The summed E-state index contributed by atoms with van der Waals surface area (Å²) in [6.07, 6.45) is 1.71. The van der Waals surface area contributed by atoms with Gasteiger partial charge in [-0.1, -0.05) is 28.1 Å². The van der Waals surface area contributed by atoms with Crippen molar-refractivity contribution in [2.75, 3.05) is 0 Å². The second-order valence-corrected chi connectivity index (χ2v) is 5.04. The van der Waals surface area contributed by atoms with E-state index in [0.717, 1.165) is 21.5 Å². The smallest absolute Gasteiger partial charge is 0.138 e. The van der Waals surface area contributed by atoms with E-state index in [4.69, 9.17) is 10.5 Å². The van der Waals surface area contributed by atoms with Crippen molar-refractivity contribution in [3.05, 3.63) is 58.3 Å². The van der Waals surface area contributed by atoms with Crippen molar-refractivity contribution in [1.82, 2.24) is 4.98 Å². The molecule has 0 fully saturated rings. The molecule has 1 heterocycles. The summed E-state index contributed by atoms with van der Waals surface area (Å²) in [6, 6.07) is 11.8. The fourth-order valence-corrected chi connectivity index (χ4v) is 1.76. The molecule has 94 valence electrons. The first-order chi connectivity index (χ1) is 8.65. The first-order valence-corrected chi connectivity index (χ1v) is 6.53. The van der Waals surface area contributed by atoms with E-state index in [1.165, 1.54) is 0 Å². The number of benzene rings is 1. The summed E-state index contributed by atoms with van der Waals surface area (Å²) in [5.74, 6) is 0.752. The monoisotopic (exact) mass is 306 g/mol. The maximum Gasteiger partial charge on any atom is 0.138 e. The van der Waals surface area contributed by atoms with Gasteiger partial charge in [-0.15, -0.1) is 0 Å². The standard InChI is InChI=1S/C14H15BrN2O/c1-10(16)14-7-6-13(8-17-14)18-9-11-2-4-12(15)5-3-11/h2-8,10H,9,16H2,1H3/t10-/m0/s1. The molecule has 0 bridgehead atoms. The van der Waals surface area contributed by atoms with Gasteiger partial charge in [0.2, 0.25) is 0 Å². The van der Waals surface area contributed by atoms with Crippen molar-refractivity contribution in [3.63, 3.8) is 0 Å². The van der Waals surface area contributed by atoms with Gasteiger partial charge in [0.15, 0.2) is 0 Å². The molecular formula is C14H15BrN2O. The summed E-state index contributed by atoms with van der Waals surface area (Å²) in [7, 11) is 0. The molecule has 2 N–H and O–H groups in total. The molecule has 0 aliphatic rings. The minimum Gasteiger partial charge on any atom is -0.487 e. The number of rotatable bonds is 4. The lowest BCUT2D eigenvalue weighted by Gasteiger charge is -2.08. The molecular weight excluding hydrogens is 292 g/mol.